The minimum Gasteiger partial charge on any atom is -0.322 e. The third kappa shape index (κ3) is 3.69. The Bertz CT molecular complexity index is 1370. The number of benzene rings is 3. The number of anilines is 3. The lowest BCUT2D eigenvalue weighted by Gasteiger charge is -2.33. The van der Waals surface area contributed by atoms with Crippen LogP contribution in [0.15, 0.2) is 60.7 Å². The van der Waals surface area contributed by atoms with Crippen molar-refractivity contribution in [2.24, 2.45) is 0 Å². The summed E-state index contributed by atoms with van der Waals surface area (Å²) in [4.78, 5) is 42.0. The largest absolute Gasteiger partial charge is 0.322 e. The first kappa shape index (κ1) is 23.1. The van der Waals surface area contributed by atoms with E-state index in [1.165, 1.54) is 34.9 Å². The van der Waals surface area contributed by atoms with Gasteiger partial charge in [0.2, 0.25) is 16.7 Å². The lowest BCUT2D eigenvalue weighted by molar-refractivity contribution is -0.124. The van der Waals surface area contributed by atoms with Crippen LogP contribution in [0, 0.1) is 26.6 Å². The molecule has 8 heteroatoms. The molecule has 1 fully saturated rings. The summed E-state index contributed by atoms with van der Waals surface area (Å²) in [5.41, 5.74) is 4.76. The van der Waals surface area contributed by atoms with Gasteiger partial charge in [0.15, 0.2) is 0 Å². The monoisotopic (exact) mass is 489 g/mol. The highest BCUT2D eigenvalue weighted by atomic mass is 32.2. The average molecular weight is 490 g/mol. The molecule has 1 unspecified atom stereocenters. The fraction of sp³-hybridized carbons (Fsp3) is 0.222. The Balaban J connectivity index is 1.58. The molecule has 3 amide bonds. The van der Waals surface area contributed by atoms with Crippen LogP contribution in [0.4, 0.5) is 21.5 Å². The minimum atomic E-state index is -1.31. The number of nitrogens with one attached hydrogen (secondary N) is 1. The van der Waals surface area contributed by atoms with Crippen molar-refractivity contribution in [2.45, 2.75) is 25.6 Å². The van der Waals surface area contributed by atoms with Crippen LogP contribution in [-0.2, 0) is 19.3 Å². The topological polar surface area (TPSA) is 69.7 Å². The Hall–Kier alpha value is -3.65. The molecule has 2 aliphatic rings. The summed E-state index contributed by atoms with van der Waals surface area (Å²) in [6, 6.07) is 17.3. The predicted molar refractivity (Wildman–Crippen MR) is 136 cm³/mol. The summed E-state index contributed by atoms with van der Waals surface area (Å²) >= 11 is 1.27. The molecule has 0 radical (unpaired) electrons. The molecule has 35 heavy (non-hydrogen) atoms. The molecule has 6 nitrogen and oxygen atoms in total. The second kappa shape index (κ2) is 8.53. The van der Waals surface area contributed by atoms with Gasteiger partial charge in [-0.2, -0.15) is 0 Å². The van der Waals surface area contributed by atoms with E-state index in [2.05, 4.69) is 5.32 Å². The SMILES string of the molecule is Cc1cc(C)cc(N2C(=O)CSC23C(=O)N(CC(=O)Nc2ccccc2F)c2c(C)cccc23)c1. The Kier molecular flexibility index (Phi) is 5.63. The molecule has 0 aliphatic carbocycles. The van der Waals surface area contributed by atoms with Crippen LogP contribution in [0.25, 0.3) is 0 Å². The van der Waals surface area contributed by atoms with E-state index in [1.54, 1.807) is 11.0 Å². The van der Waals surface area contributed by atoms with E-state index in [1.807, 2.05) is 57.2 Å². The van der Waals surface area contributed by atoms with Crippen molar-refractivity contribution >= 4 is 46.5 Å². The first-order valence-corrected chi connectivity index (χ1v) is 12.2. The summed E-state index contributed by atoms with van der Waals surface area (Å²) in [5.74, 6) is -1.47. The first-order chi connectivity index (χ1) is 16.7. The van der Waals surface area contributed by atoms with E-state index >= 15 is 0 Å². The van der Waals surface area contributed by atoms with Crippen molar-refractivity contribution in [3.63, 3.8) is 0 Å². The quantitative estimate of drug-likeness (QED) is 0.578. The van der Waals surface area contributed by atoms with E-state index in [9.17, 15) is 18.8 Å². The minimum absolute atomic E-state index is 0.0474. The zero-order valence-corrected chi connectivity index (χ0v) is 20.4. The normalized spacial score (nSPS) is 19.0. The highest BCUT2D eigenvalue weighted by molar-refractivity contribution is 8.02. The van der Waals surface area contributed by atoms with Crippen molar-refractivity contribution in [1.82, 2.24) is 0 Å². The fourth-order valence-electron chi connectivity index (χ4n) is 4.97. The number of halogens is 1. The van der Waals surface area contributed by atoms with Crippen LogP contribution in [0.3, 0.4) is 0 Å². The van der Waals surface area contributed by atoms with E-state index in [0.717, 1.165) is 16.7 Å². The van der Waals surface area contributed by atoms with E-state index in [0.29, 0.717) is 16.9 Å². The third-order valence-corrected chi connectivity index (χ3v) is 7.68. The number of rotatable bonds is 4. The standard InChI is InChI=1S/C27H24FN3O3S/c1-16-11-17(2)13-19(12-16)31-24(33)15-35-27(31)20-8-6-7-18(3)25(20)30(26(27)34)14-23(32)29-22-10-5-4-9-21(22)28/h4-13H,14-15H2,1-3H3,(H,29,32). The molecule has 1 spiro atoms. The molecule has 1 saturated heterocycles. The Morgan fingerprint density at radius 3 is 2.46 bits per heavy atom. The molecular formula is C27H24FN3O3S. The number of nitrogens with zero attached hydrogens (tertiary/aromatic N) is 2. The van der Waals surface area contributed by atoms with Gasteiger partial charge in [0.25, 0.3) is 5.91 Å². The number of hydrogen-bond acceptors (Lipinski definition) is 4. The fourth-order valence-corrected chi connectivity index (χ4v) is 6.32. The molecule has 2 aliphatic heterocycles. The van der Waals surface area contributed by atoms with Crippen LogP contribution < -0.4 is 15.1 Å². The average Bonchev–Trinajstić information content (AvgIpc) is 3.26. The van der Waals surface area contributed by atoms with E-state index < -0.39 is 16.6 Å². The van der Waals surface area contributed by atoms with Gasteiger partial charge in [0.1, 0.15) is 12.4 Å². The number of aryl methyl sites for hydroxylation is 3. The van der Waals surface area contributed by atoms with E-state index in [4.69, 9.17) is 0 Å². The van der Waals surface area contributed by atoms with E-state index in [-0.39, 0.29) is 29.8 Å². The number of carbonyl (C=O) groups is 3. The number of carbonyl (C=O) groups excluding carboxylic acids is 3. The summed E-state index contributed by atoms with van der Waals surface area (Å²) in [5, 5.41) is 2.56. The van der Waals surface area contributed by atoms with Crippen LogP contribution >= 0.6 is 11.8 Å². The van der Waals surface area contributed by atoms with Crippen molar-refractivity contribution < 1.29 is 18.8 Å². The molecule has 178 valence electrons. The number of para-hydroxylation sites is 2. The van der Waals surface area contributed by atoms with Crippen LogP contribution in [-0.4, -0.2) is 30.0 Å². The summed E-state index contributed by atoms with van der Waals surface area (Å²) in [6.07, 6.45) is 0. The van der Waals surface area contributed by atoms with Gasteiger partial charge in [-0.3, -0.25) is 24.2 Å². The van der Waals surface area contributed by atoms with Crippen LogP contribution in [0.1, 0.15) is 22.3 Å². The van der Waals surface area contributed by atoms with Crippen molar-refractivity contribution in [3.8, 4) is 0 Å². The molecular weight excluding hydrogens is 465 g/mol. The van der Waals surface area contributed by atoms with Crippen molar-refractivity contribution in [1.29, 1.82) is 0 Å². The third-order valence-electron chi connectivity index (χ3n) is 6.29. The van der Waals surface area contributed by atoms with Gasteiger partial charge in [-0.05, 0) is 61.7 Å². The predicted octanol–water partition coefficient (Wildman–Crippen LogP) is 4.67. The van der Waals surface area contributed by atoms with Gasteiger partial charge in [0.05, 0.1) is 17.1 Å². The zero-order chi connectivity index (χ0) is 24.9. The molecule has 0 aromatic heterocycles. The van der Waals surface area contributed by atoms with Gasteiger partial charge in [-0.1, -0.05) is 36.4 Å². The maximum absolute atomic E-state index is 14.1. The number of fused-ring (bicyclic) bond motifs is 2. The summed E-state index contributed by atoms with van der Waals surface area (Å²) in [7, 11) is 0. The molecule has 0 saturated carbocycles. The molecule has 3 aromatic rings. The second-order valence-corrected chi connectivity index (χ2v) is 10.1. The Morgan fingerprint density at radius 2 is 1.74 bits per heavy atom. The maximum atomic E-state index is 14.1. The molecule has 3 aromatic carbocycles. The number of thioether (sulfide) groups is 1. The molecule has 5 rings (SSSR count). The summed E-state index contributed by atoms with van der Waals surface area (Å²) in [6.45, 7) is 5.47. The van der Waals surface area contributed by atoms with Gasteiger partial charge in [0, 0.05) is 11.3 Å². The number of hydrogen-bond donors (Lipinski definition) is 1. The Morgan fingerprint density at radius 1 is 1.03 bits per heavy atom. The van der Waals surface area contributed by atoms with Gasteiger partial charge < -0.3 is 5.32 Å². The molecule has 2 heterocycles. The smallest absolute Gasteiger partial charge is 0.269 e. The zero-order valence-electron chi connectivity index (χ0n) is 19.6. The van der Waals surface area contributed by atoms with Gasteiger partial charge >= 0.3 is 0 Å². The molecule has 1 N–H and O–H groups in total. The molecule has 0 bridgehead atoms. The lowest BCUT2D eigenvalue weighted by atomic mass is 10.0. The Labute approximate surface area is 207 Å². The highest BCUT2D eigenvalue weighted by Gasteiger charge is 2.61. The van der Waals surface area contributed by atoms with Crippen LogP contribution in [0.2, 0.25) is 0 Å². The number of amides is 3. The highest BCUT2D eigenvalue weighted by Crippen LogP contribution is 2.56. The van der Waals surface area contributed by atoms with Gasteiger partial charge in [-0.25, -0.2) is 4.39 Å². The van der Waals surface area contributed by atoms with Crippen LogP contribution in [0.5, 0.6) is 0 Å². The summed E-state index contributed by atoms with van der Waals surface area (Å²) < 4.78 is 14.1. The van der Waals surface area contributed by atoms with Crippen molar-refractivity contribution in [2.75, 3.05) is 27.4 Å². The second-order valence-electron chi connectivity index (χ2n) is 8.90. The van der Waals surface area contributed by atoms with Crippen molar-refractivity contribution in [3.05, 3.63) is 88.7 Å². The maximum Gasteiger partial charge on any atom is 0.269 e. The first-order valence-electron chi connectivity index (χ1n) is 11.2. The lowest BCUT2D eigenvalue weighted by Crippen LogP contribution is -2.51. The molecule has 1 atom stereocenters. The van der Waals surface area contributed by atoms with Gasteiger partial charge in [-0.15, -0.1) is 11.8 Å².